The number of alkyl halides is 1. The first-order valence-electron chi connectivity index (χ1n) is 5.98. The fourth-order valence-corrected chi connectivity index (χ4v) is 2.87. The van der Waals surface area contributed by atoms with Gasteiger partial charge >= 0.3 is 0 Å². The predicted octanol–water partition coefficient (Wildman–Crippen LogP) is 3.04. The van der Waals surface area contributed by atoms with Crippen LogP contribution in [-0.4, -0.2) is 20.8 Å². The van der Waals surface area contributed by atoms with Crippen LogP contribution in [0.1, 0.15) is 25.7 Å². The maximum Gasteiger partial charge on any atom is 0.243 e. The molecule has 0 aliphatic rings. The molecule has 0 spiro atoms. The van der Waals surface area contributed by atoms with E-state index < -0.39 is 26.6 Å². The fourth-order valence-electron chi connectivity index (χ4n) is 1.55. The van der Waals surface area contributed by atoms with Crippen LogP contribution >= 0.6 is 11.6 Å². The summed E-state index contributed by atoms with van der Waals surface area (Å²) in [6, 6.07) is 2.38. The second-order valence-corrected chi connectivity index (χ2v) is 6.19. The molecular formula is C12H16ClF2NO2S. The minimum Gasteiger partial charge on any atom is -0.211 e. The smallest absolute Gasteiger partial charge is 0.211 e. The molecule has 0 atom stereocenters. The minimum atomic E-state index is -3.92. The van der Waals surface area contributed by atoms with Gasteiger partial charge in [0.25, 0.3) is 0 Å². The van der Waals surface area contributed by atoms with Crippen molar-refractivity contribution in [1.82, 2.24) is 4.72 Å². The lowest BCUT2D eigenvalue weighted by Crippen LogP contribution is -2.25. The zero-order chi connectivity index (χ0) is 14.3. The van der Waals surface area contributed by atoms with Crippen molar-refractivity contribution in [1.29, 1.82) is 0 Å². The molecule has 0 heterocycles. The molecule has 1 N–H and O–H groups in total. The molecule has 0 aromatic heterocycles. The van der Waals surface area contributed by atoms with Crippen molar-refractivity contribution in [2.24, 2.45) is 0 Å². The zero-order valence-electron chi connectivity index (χ0n) is 10.3. The number of unbranched alkanes of at least 4 members (excludes halogenated alkanes) is 3. The largest absolute Gasteiger partial charge is 0.243 e. The number of nitrogens with one attached hydrogen (secondary N) is 1. The standard InChI is InChI=1S/C12H16ClF2NO2S/c13-7-3-1-2-4-8-16-19(17,18)12-6-5-10(14)9-11(12)15/h5-6,9,16H,1-4,7-8H2. The van der Waals surface area contributed by atoms with E-state index in [1.807, 2.05) is 0 Å². The van der Waals surface area contributed by atoms with Crippen molar-refractivity contribution in [3.63, 3.8) is 0 Å². The Kier molecular flexibility index (Phi) is 6.68. The van der Waals surface area contributed by atoms with Gasteiger partial charge in [-0.25, -0.2) is 21.9 Å². The summed E-state index contributed by atoms with van der Waals surface area (Å²) in [6.45, 7) is 0.224. The number of rotatable bonds is 8. The Morgan fingerprint density at radius 2 is 1.79 bits per heavy atom. The molecule has 0 saturated carbocycles. The Morgan fingerprint density at radius 1 is 1.11 bits per heavy atom. The highest BCUT2D eigenvalue weighted by atomic mass is 35.5. The third-order valence-corrected chi connectivity index (χ3v) is 4.30. The lowest BCUT2D eigenvalue weighted by molar-refractivity contribution is 0.540. The third-order valence-electron chi connectivity index (χ3n) is 2.54. The quantitative estimate of drug-likeness (QED) is 0.592. The van der Waals surface area contributed by atoms with E-state index in [0.717, 1.165) is 31.4 Å². The summed E-state index contributed by atoms with van der Waals surface area (Å²) in [4.78, 5) is -0.533. The van der Waals surface area contributed by atoms with Crippen molar-refractivity contribution in [3.05, 3.63) is 29.8 Å². The number of sulfonamides is 1. The van der Waals surface area contributed by atoms with E-state index in [4.69, 9.17) is 11.6 Å². The molecule has 0 amide bonds. The Labute approximate surface area is 117 Å². The third kappa shape index (κ3) is 5.42. The molecule has 3 nitrogen and oxygen atoms in total. The van der Waals surface area contributed by atoms with E-state index in [9.17, 15) is 17.2 Å². The second-order valence-electron chi connectivity index (χ2n) is 4.08. The van der Waals surface area contributed by atoms with Gasteiger partial charge in [0, 0.05) is 18.5 Å². The van der Waals surface area contributed by atoms with Crippen molar-refractivity contribution in [2.75, 3.05) is 12.4 Å². The van der Waals surface area contributed by atoms with Crippen molar-refractivity contribution in [2.45, 2.75) is 30.6 Å². The highest BCUT2D eigenvalue weighted by Gasteiger charge is 2.18. The van der Waals surface area contributed by atoms with E-state index >= 15 is 0 Å². The zero-order valence-corrected chi connectivity index (χ0v) is 11.9. The summed E-state index contributed by atoms with van der Waals surface area (Å²) in [5, 5.41) is 0. The first-order valence-corrected chi connectivity index (χ1v) is 8.00. The van der Waals surface area contributed by atoms with Crippen LogP contribution in [0, 0.1) is 11.6 Å². The average Bonchev–Trinajstić information content (AvgIpc) is 2.33. The molecule has 0 bridgehead atoms. The molecule has 7 heteroatoms. The van der Waals surface area contributed by atoms with E-state index in [1.165, 1.54) is 0 Å². The lowest BCUT2D eigenvalue weighted by Gasteiger charge is -2.07. The molecule has 0 fully saturated rings. The van der Waals surface area contributed by atoms with Crippen LogP contribution < -0.4 is 4.72 Å². The monoisotopic (exact) mass is 311 g/mol. The summed E-state index contributed by atoms with van der Waals surface area (Å²) in [5.41, 5.74) is 0. The van der Waals surface area contributed by atoms with Gasteiger partial charge in [0.05, 0.1) is 0 Å². The van der Waals surface area contributed by atoms with Crippen molar-refractivity contribution >= 4 is 21.6 Å². The van der Waals surface area contributed by atoms with Gasteiger partial charge < -0.3 is 0 Å². The van der Waals surface area contributed by atoms with Crippen molar-refractivity contribution in [3.8, 4) is 0 Å². The molecular weight excluding hydrogens is 296 g/mol. The van der Waals surface area contributed by atoms with Crippen LogP contribution in [-0.2, 0) is 10.0 Å². The molecule has 0 aliphatic carbocycles. The first kappa shape index (κ1) is 16.3. The molecule has 0 unspecified atom stereocenters. The molecule has 1 aromatic carbocycles. The Hall–Kier alpha value is -0.720. The van der Waals surface area contributed by atoms with Crippen LogP contribution in [0.2, 0.25) is 0 Å². The van der Waals surface area contributed by atoms with E-state index in [2.05, 4.69) is 4.72 Å². The summed E-state index contributed by atoms with van der Waals surface area (Å²) in [6.07, 6.45) is 3.32. The van der Waals surface area contributed by atoms with Crippen LogP contribution in [0.5, 0.6) is 0 Å². The van der Waals surface area contributed by atoms with Crippen LogP contribution in [0.3, 0.4) is 0 Å². The van der Waals surface area contributed by atoms with Crippen LogP contribution in [0.25, 0.3) is 0 Å². The maximum absolute atomic E-state index is 13.3. The number of hydrogen-bond acceptors (Lipinski definition) is 2. The van der Waals surface area contributed by atoms with E-state index in [0.29, 0.717) is 18.4 Å². The molecule has 108 valence electrons. The highest BCUT2D eigenvalue weighted by Crippen LogP contribution is 2.15. The van der Waals surface area contributed by atoms with Crippen LogP contribution in [0.15, 0.2) is 23.1 Å². The molecule has 1 aromatic rings. The lowest BCUT2D eigenvalue weighted by atomic mass is 10.2. The van der Waals surface area contributed by atoms with Gasteiger partial charge in [-0.2, -0.15) is 0 Å². The fraction of sp³-hybridized carbons (Fsp3) is 0.500. The van der Waals surface area contributed by atoms with Gasteiger partial charge in [0.15, 0.2) is 0 Å². The molecule has 0 radical (unpaired) electrons. The molecule has 0 saturated heterocycles. The average molecular weight is 312 g/mol. The van der Waals surface area contributed by atoms with Gasteiger partial charge in [-0.05, 0) is 25.0 Å². The maximum atomic E-state index is 13.3. The molecule has 0 aliphatic heterocycles. The Morgan fingerprint density at radius 3 is 2.42 bits per heavy atom. The van der Waals surface area contributed by atoms with Gasteiger partial charge in [-0.3, -0.25) is 0 Å². The predicted molar refractivity (Wildman–Crippen MR) is 70.7 cm³/mol. The van der Waals surface area contributed by atoms with E-state index in [-0.39, 0.29) is 6.54 Å². The van der Waals surface area contributed by atoms with Crippen LogP contribution in [0.4, 0.5) is 8.78 Å². The molecule has 19 heavy (non-hydrogen) atoms. The summed E-state index contributed by atoms with van der Waals surface area (Å²) in [5.74, 6) is -1.31. The second kappa shape index (κ2) is 7.77. The Balaban J connectivity index is 2.52. The SMILES string of the molecule is O=S(=O)(NCCCCCCCl)c1ccc(F)cc1F. The summed E-state index contributed by atoms with van der Waals surface area (Å²) in [7, 11) is -3.92. The van der Waals surface area contributed by atoms with Gasteiger partial charge in [0.2, 0.25) is 10.0 Å². The van der Waals surface area contributed by atoms with Gasteiger partial charge in [-0.15, -0.1) is 11.6 Å². The van der Waals surface area contributed by atoms with E-state index in [1.54, 1.807) is 0 Å². The van der Waals surface area contributed by atoms with Gasteiger partial charge in [-0.1, -0.05) is 12.8 Å². The number of benzene rings is 1. The Bertz CT molecular complexity index is 508. The van der Waals surface area contributed by atoms with Crippen molar-refractivity contribution < 1.29 is 17.2 Å². The molecule has 1 rings (SSSR count). The highest BCUT2D eigenvalue weighted by molar-refractivity contribution is 7.89. The van der Waals surface area contributed by atoms with Gasteiger partial charge in [0.1, 0.15) is 16.5 Å². The summed E-state index contributed by atoms with van der Waals surface area (Å²) >= 11 is 5.51. The number of hydrogen-bond donors (Lipinski definition) is 1. The number of halogens is 3. The normalized spacial score (nSPS) is 11.7. The topological polar surface area (TPSA) is 46.2 Å². The minimum absolute atomic E-state index is 0.224. The first-order chi connectivity index (χ1) is 8.97. The summed E-state index contributed by atoms with van der Waals surface area (Å²) < 4.78 is 51.8.